The molecule has 1 amide bonds. The van der Waals surface area contributed by atoms with Gasteiger partial charge in [-0.15, -0.1) is 11.8 Å². The monoisotopic (exact) mass is 461 g/mol. The number of halogens is 1. The van der Waals surface area contributed by atoms with Crippen LogP contribution in [-0.4, -0.2) is 17.1 Å². The molecule has 0 saturated carbocycles. The minimum atomic E-state index is -0.533. The highest BCUT2D eigenvalue weighted by molar-refractivity contribution is 7.98. The smallest absolute Gasteiger partial charge is 0.291 e. The first-order valence-electron chi connectivity index (χ1n) is 10.2. The van der Waals surface area contributed by atoms with Gasteiger partial charge in [-0.1, -0.05) is 53.6 Å². The first-order valence-corrected chi connectivity index (χ1v) is 11.8. The fourth-order valence-electron chi connectivity index (χ4n) is 4.18. The van der Waals surface area contributed by atoms with Crippen LogP contribution in [0.3, 0.4) is 0 Å². The summed E-state index contributed by atoms with van der Waals surface area (Å²) in [4.78, 5) is 29.9. The van der Waals surface area contributed by atoms with Gasteiger partial charge in [-0.25, -0.2) is 0 Å². The molecule has 4 aromatic rings. The number of amides is 1. The summed E-state index contributed by atoms with van der Waals surface area (Å²) in [6.45, 7) is 2.39. The second-order valence-corrected chi connectivity index (χ2v) is 9.22. The van der Waals surface area contributed by atoms with Crippen molar-refractivity contribution in [2.45, 2.75) is 24.4 Å². The summed E-state index contributed by atoms with van der Waals surface area (Å²) in [5.41, 5.74) is 3.52. The van der Waals surface area contributed by atoms with Gasteiger partial charge in [0.1, 0.15) is 5.58 Å². The van der Waals surface area contributed by atoms with Crippen LogP contribution in [0.5, 0.6) is 0 Å². The summed E-state index contributed by atoms with van der Waals surface area (Å²) < 4.78 is 5.98. The van der Waals surface area contributed by atoms with Gasteiger partial charge < -0.3 is 9.32 Å². The average molecular weight is 462 g/mol. The van der Waals surface area contributed by atoms with Crippen molar-refractivity contribution in [3.63, 3.8) is 0 Å². The third-order valence-corrected chi connectivity index (χ3v) is 6.81. The topological polar surface area (TPSA) is 50.5 Å². The van der Waals surface area contributed by atoms with E-state index < -0.39 is 6.04 Å². The number of aryl methyl sites for hydroxylation is 1. The second-order valence-electron chi connectivity index (χ2n) is 7.91. The van der Waals surface area contributed by atoms with E-state index in [9.17, 15) is 9.59 Å². The average Bonchev–Trinajstić information content (AvgIpc) is 3.08. The van der Waals surface area contributed by atoms with Crippen molar-refractivity contribution in [3.05, 3.63) is 110 Å². The zero-order valence-electron chi connectivity index (χ0n) is 17.6. The molecule has 0 aliphatic carbocycles. The molecule has 0 spiro atoms. The van der Waals surface area contributed by atoms with E-state index in [2.05, 4.69) is 0 Å². The number of nitrogens with zero attached hydrogens (tertiary/aromatic N) is 1. The van der Waals surface area contributed by atoms with Crippen molar-refractivity contribution in [2.24, 2.45) is 0 Å². The van der Waals surface area contributed by atoms with E-state index >= 15 is 0 Å². The Morgan fingerprint density at radius 2 is 1.72 bits per heavy atom. The lowest BCUT2D eigenvalue weighted by Gasteiger charge is -2.25. The van der Waals surface area contributed by atoms with Crippen LogP contribution in [0.25, 0.3) is 11.0 Å². The third-order valence-electron chi connectivity index (χ3n) is 5.83. The lowest BCUT2D eigenvalue weighted by Crippen LogP contribution is -2.29. The Bertz CT molecular complexity index is 1390. The summed E-state index contributed by atoms with van der Waals surface area (Å²) in [6, 6.07) is 20.4. The molecule has 1 aromatic heterocycles. The highest BCUT2D eigenvalue weighted by atomic mass is 35.5. The number of hydrogen-bond donors (Lipinski definition) is 0. The maximum atomic E-state index is 13.6. The highest BCUT2D eigenvalue weighted by Crippen LogP contribution is 2.39. The van der Waals surface area contributed by atoms with Crippen LogP contribution in [-0.2, 0) is 6.54 Å². The molecule has 32 heavy (non-hydrogen) atoms. The van der Waals surface area contributed by atoms with E-state index in [1.807, 2.05) is 61.7 Å². The number of thioether (sulfide) groups is 1. The van der Waals surface area contributed by atoms with Gasteiger partial charge in [0.15, 0.2) is 5.43 Å². The maximum absolute atomic E-state index is 13.6. The third kappa shape index (κ3) is 3.51. The van der Waals surface area contributed by atoms with Crippen molar-refractivity contribution in [1.82, 2.24) is 4.90 Å². The quantitative estimate of drug-likeness (QED) is 0.338. The molecule has 0 unspecified atom stereocenters. The van der Waals surface area contributed by atoms with Crippen LogP contribution in [0, 0.1) is 6.92 Å². The van der Waals surface area contributed by atoms with Crippen LogP contribution in [0.15, 0.2) is 80.8 Å². The van der Waals surface area contributed by atoms with E-state index in [0.717, 1.165) is 21.6 Å². The van der Waals surface area contributed by atoms with Gasteiger partial charge in [-0.2, -0.15) is 0 Å². The predicted molar refractivity (Wildman–Crippen MR) is 129 cm³/mol. The summed E-state index contributed by atoms with van der Waals surface area (Å²) in [5, 5.41) is 0.832. The lowest BCUT2D eigenvalue weighted by atomic mass is 9.98. The molecular formula is C26H20ClNO3S. The Morgan fingerprint density at radius 3 is 2.41 bits per heavy atom. The van der Waals surface area contributed by atoms with E-state index in [4.69, 9.17) is 16.0 Å². The number of rotatable bonds is 4. The summed E-state index contributed by atoms with van der Waals surface area (Å²) >= 11 is 7.79. The van der Waals surface area contributed by atoms with Gasteiger partial charge in [-0.3, -0.25) is 9.59 Å². The fourth-order valence-corrected chi connectivity index (χ4v) is 4.76. The Kier molecular flexibility index (Phi) is 5.31. The van der Waals surface area contributed by atoms with E-state index in [1.165, 1.54) is 0 Å². The van der Waals surface area contributed by atoms with Crippen molar-refractivity contribution in [1.29, 1.82) is 0 Å². The van der Waals surface area contributed by atoms with Crippen molar-refractivity contribution in [2.75, 3.05) is 6.26 Å². The van der Waals surface area contributed by atoms with Crippen LogP contribution >= 0.6 is 23.4 Å². The first kappa shape index (κ1) is 20.9. The Balaban J connectivity index is 1.70. The normalized spacial score (nSPS) is 15.4. The van der Waals surface area contributed by atoms with Gasteiger partial charge in [0, 0.05) is 16.5 Å². The number of fused-ring (bicyclic) bond motifs is 2. The molecule has 1 aliphatic heterocycles. The number of hydrogen-bond acceptors (Lipinski definition) is 4. The number of carbonyl (C=O) groups excluding carboxylic acids is 1. The summed E-state index contributed by atoms with van der Waals surface area (Å²) in [7, 11) is 0. The molecule has 6 heteroatoms. The Labute approximate surface area is 194 Å². The van der Waals surface area contributed by atoms with Crippen molar-refractivity contribution >= 4 is 40.2 Å². The van der Waals surface area contributed by atoms with Gasteiger partial charge >= 0.3 is 0 Å². The van der Waals surface area contributed by atoms with Crippen molar-refractivity contribution in [3.8, 4) is 0 Å². The first-order chi connectivity index (χ1) is 15.5. The standard InChI is InChI=1S/C26H20ClNO3S/c1-15-3-5-16(6-4-15)14-28-23(17-7-10-19(32-2)11-8-17)22-24(29)20-13-18(27)9-12-21(20)31-25(22)26(28)30/h3-13,23H,14H2,1-2H3/t23-/m1/s1. The summed E-state index contributed by atoms with van der Waals surface area (Å²) in [5.74, 6) is -0.177. The van der Waals surface area contributed by atoms with Crippen LogP contribution < -0.4 is 5.43 Å². The van der Waals surface area contributed by atoms with E-state index in [-0.39, 0.29) is 17.1 Å². The largest absolute Gasteiger partial charge is 0.450 e. The molecule has 0 N–H and O–H groups in total. The van der Waals surface area contributed by atoms with E-state index in [0.29, 0.717) is 28.1 Å². The molecular weight excluding hydrogens is 442 g/mol. The predicted octanol–water partition coefficient (Wildman–Crippen LogP) is 6.22. The molecule has 160 valence electrons. The number of benzene rings is 3. The van der Waals surface area contributed by atoms with Crippen molar-refractivity contribution < 1.29 is 9.21 Å². The molecule has 1 aliphatic rings. The van der Waals surface area contributed by atoms with Gasteiger partial charge in [0.05, 0.1) is 17.0 Å². The maximum Gasteiger partial charge on any atom is 0.291 e. The molecule has 0 bridgehead atoms. The molecule has 0 radical (unpaired) electrons. The number of carbonyl (C=O) groups is 1. The Morgan fingerprint density at radius 1 is 1.00 bits per heavy atom. The van der Waals surface area contributed by atoms with Gasteiger partial charge in [0.2, 0.25) is 5.76 Å². The lowest BCUT2D eigenvalue weighted by molar-refractivity contribution is 0.0714. The summed E-state index contributed by atoms with van der Waals surface area (Å²) in [6.07, 6.45) is 2.01. The molecule has 1 atom stereocenters. The molecule has 0 fully saturated rings. The molecule has 3 aromatic carbocycles. The van der Waals surface area contributed by atoms with Crippen LogP contribution in [0.2, 0.25) is 5.02 Å². The minimum absolute atomic E-state index is 0.107. The fraction of sp³-hybridized carbons (Fsp3) is 0.154. The van der Waals surface area contributed by atoms with Gasteiger partial charge in [0.25, 0.3) is 5.91 Å². The van der Waals surface area contributed by atoms with Gasteiger partial charge in [-0.05, 0) is 54.6 Å². The molecule has 0 saturated heterocycles. The molecule has 4 nitrogen and oxygen atoms in total. The second kappa shape index (κ2) is 8.15. The zero-order chi connectivity index (χ0) is 22.4. The SMILES string of the molecule is CSc1ccc([C@@H]2c3c(oc4ccc(Cl)cc4c3=O)C(=O)N2Cc2ccc(C)cc2)cc1. The van der Waals surface area contributed by atoms with Crippen LogP contribution in [0.1, 0.15) is 38.9 Å². The molecule has 2 heterocycles. The van der Waals surface area contributed by atoms with E-state index in [1.54, 1.807) is 34.9 Å². The zero-order valence-corrected chi connectivity index (χ0v) is 19.2. The Hall–Kier alpha value is -3.02. The highest BCUT2D eigenvalue weighted by Gasteiger charge is 2.42. The molecule has 5 rings (SSSR count). The minimum Gasteiger partial charge on any atom is -0.450 e. The van der Waals surface area contributed by atoms with Crippen LogP contribution in [0.4, 0.5) is 0 Å².